The molecule has 1 aliphatic carbocycles. The molecule has 0 radical (unpaired) electrons. The lowest BCUT2D eigenvalue weighted by Crippen LogP contribution is -2.61. The van der Waals surface area contributed by atoms with E-state index >= 15 is 0 Å². The van der Waals surface area contributed by atoms with E-state index < -0.39 is 6.04 Å². The van der Waals surface area contributed by atoms with Crippen molar-refractivity contribution in [2.24, 2.45) is 0 Å². The van der Waals surface area contributed by atoms with Gasteiger partial charge in [0.05, 0.1) is 0 Å². The maximum Gasteiger partial charge on any atom is 0.255 e. The number of carbonyl (C=O) groups is 3. The molecule has 1 aromatic rings. The molecule has 2 unspecified atom stereocenters. The summed E-state index contributed by atoms with van der Waals surface area (Å²) in [6.45, 7) is 1.23. The number of fused-ring (bicyclic) bond motifs is 3. The fourth-order valence-corrected chi connectivity index (χ4v) is 4.93. The average Bonchev–Trinajstić information content (AvgIpc) is 2.96. The Morgan fingerprint density at radius 1 is 1.11 bits per heavy atom. The van der Waals surface area contributed by atoms with E-state index in [0.29, 0.717) is 36.7 Å². The van der Waals surface area contributed by atoms with Crippen LogP contribution in [0.5, 0.6) is 0 Å². The molecule has 2 bridgehead atoms. The van der Waals surface area contributed by atoms with Gasteiger partial charge in [-0.2, -0.15) is 0 Å². The van der Waals surface area contributed by atoms with Crippen LogP contribution in [-0.2, 0) is 22.7 Å². The van der Waals surface area contributed by atoms with Crippen molar-refractivity contribution in [2.75, 3.05) is 0 Å². The second-order valence-electron chi connectivity index (χ2n) is 8.24. The third kappa shape index (κ3) is 3.04. The first kappa shape index (κ1) is 16.9. The van der Waals surface area contributed by atoms with Gasteiger partial charge in [0.15, 0.2) is 0 Å². The molecular formula is C20H24N4O3. The minimum atomic E-state index is -0.550. The lowest BCUT2D eigenvalue weighted by Gasteiger charge is -2.46. The fourth-order valence-electron chi connectivity index (χ4n) is 4.93. The fraction of sp³-hybridized carbons (Fsp3) is 0.550. The molecule has 3 N–H and O–H groups in total. The highest BCUT2D eigenvalue weighted by Gasteiger charge is 2.39. The van der Waals surface area contributed by atoms with E-state index in [4.69, 9.17) is 0 Å². The van der Waals surface area contributed by atoms with Crippen molar-refractivity contribution in [2.45, 2.75) is 69.4 Å². The maximum absolute atomic E-state index is 12.7. The smallest absolute Gasteiger partial charge is 0.255 e. The number of imide groups is 1. The lowest BCUT2D eigenvalue weighted by atomic mass is 9.79. The first-order valence-corrected chi connectivity index (χ1v) is 9.83. The van der Waals surface area contributed by atoms with Crippen LogP contribution in [0.1, 0.15) is 53.6 Å². The summed E-state index contributed by atoms with van der Waals surface area (Å²) >= 11 is 0. The van der Waals surface area contributed by atoms with E-state index in [1.54, 1.807) is 4.90 Å². The van der Waals surface area contributed by atoms with Crippen LogP contribution in [0.15, 0.2) is 18.2 Å². The largest absolute Gasteiger partial charge is 0.322 e. The van der Waals surface area contributed by atoms with Gasteiger partial charge in [-0.05, 0) is 42.9 Å². The van der Waals surface area contributed by atoms with E-state index in [0.717, 1.165) is 12.1 Å². The zero-order valence-corrected chi connectivity index (χ0v) is 15.2. The van der Waals surface area contributed by atoms with E-state index in [2.05, 4.69) is 22.0 Å². The van der Waals surface area contributed by atoms with Gasteiger partial charge in [-0.3, -0.25) is 19.7 Å². The van der Waals surface area contributed by atoms with Crippen molar-refractivity contribution >= 4 is 17.7 Å². The van der Waals surface area contributed by atoms with Crippen molar-refractivity contribution in [3.63, 3.8) is 0 Å². The number of amides is 3. The van der Waals surface area contributed by atoms with Crippen LogP contribution < -0.4 is 16.0 Å². The highest BCUT2D eigenvalue weighted by atomic mass is 16.2. The molecule has 7 nitrogen and oxygen atoms in total. The summed E-state index contributed by atoms with van der Waals surface area (Å²) in [4.78, 5) is 37.8. The third-order valence-electron chi connectivity index (χ3n) is 6.36. The minimum absolute atomic E-state index is 0.113. The Morgan fingerprint density at radius 2 is 1.89 bits per heavy atom. The number of benzene rings is 1. The van der Waals surface area contributed by atoms with Gasteiger partial charge in [-0.25, -0.2) is 0 Å². The van der Waals surface area contributed by atoms with Gasteiger partial charge >= 0.3 is 0 Å². The molecule has 1 saturated carbocycles. The van der Waals surface area contributed by atoms with Gasteiger partial charge in [0.2, 0.25) is 11.8 Å². The zero-order chi connectivity index (χ0) is 18.5. The predicted molar refractivity (Wildman–Crippen MR) is 97.7 cm³/mol. The minimum Gasteiger partial charge on any atom is -0.322 e. The van der Waals surface area contributed by atoms with E-state index in [9.17, 15) is 14.4 Å². The van der Waals surface area contributed by atoms with E-state index in [-0.39, 0.29) is 24.1 Å². The summed E-state index contributed by atoms with van der Waals surface area (Å²) in [5.74, 6) is -0.736. The Labute approximate surface area is 157 Å². The Bertz CT molecular complexity index is 807. The number of nitrogens with one attached hydrogen (secondary N) is 3. The van der Waals surface area contributed by atoms with Crippen molar-refractivity contribution in [3.05, 3.63) is 34.9 Å². The molecule has 3 saturated heterocycles. The van der Waals surface area contributed by atoms with E-state index in [1.165, 1.54) is 24.8 Å². The molecule has 0 aromatic heterocycles. The number of carbonyl (C=O) groups excluding carboxylic acids is 3. The molecule has 0 spiro atoms. The van der Waals surface area contributed by atoms with Crippen molar-refractivity contribution < 1.29 is 14.4 Å². The summed E-state index contributed by atoms with van der Waals surface area (Å²) in [5, 5.41) is 9.54. The topological polar surface area (TPSA) is 90.5 Å². The Hall–Kier alpha value is -2.25. The zero-order valence-electron chi connectivity index (χ0n) is 15.2. The van der Waals surface area contributed by atoms with Crippen LogP contribution in [0.25, 0.3) is 0 Å². The number of hydrogen-bond acceptors (Lipinski definition) is 5. The molecule has 5 aliphatic rings. The van der Waals surface area contributed by atoms with Crippen molar-refractivity contribution in [1.82, 2.24) is 20.9 Å². The summed E-state index contributed by atoms with van der Waals surface area (Å²) in [6.07, 6.45) is 4.36. The van der Waals surface area contributed by atoms with Gasteiger partial charge < -0.3 is 15.5 Å². The molecule has 7 heteroatoms. The van der Waals surface area contributed by atoms with Gasteiger partial charge in [0.1, 0.15) is 6.04 Å². The number of rotatable bonds is 4. The highest BCUT2D eigenvalue weighted by Crippen LogP contribution is 2.30. The molecule has 4 aliphatic heterocycles. The normalized spacial score (nSPS) is 32.1. The summed E-state index contributed by atoms with van der Waals surface area (Å²) in [5.41, 5.74) is 2.81. The second kappa shape index (κ2) is 6.42. The van der Waals surface area contributed by atoms with Crippen LogP contribution in [0.3, 0.4) is 0 Å². The monoisotopic (exact) mass is 368 g/mol. The summed E-state index contributed by atoms with van der Waals surface area (Å²) in [6, 6.07) is 7.32. The lowest BCUT2D eigenvalue weighted by molar-refractivity contribution is -0.136. The van der Waals surface area contributed by atoms with Crippen LogP contribution in [0.2, 0.25) is 0 Å². The average molecular weight is 368 g/mol. The van der Waals surface area contributed by atoms with E-state index in [1.807, 2.05) is 12.1 Å². The molecule has 1 aromatic carbocycles. The van der Waals surface area contributed by atoms with Crippen molar-refractivity contribution in [1.29, 1.82) is 0 Å². The molecular weight excluding hydrogens is 344 g/mol. The molecule has 4 fully saturated rings. The first-order valence-electron chi connectivity index (χ1n) is 9.83. The quantitative estimate of drug-likeness (QED) is 0.671. The Morgan fingerprint density at radius 3 is 2.63 bits per heavy atom. The maximum atomic E-state index is 12.7. The standard InChI is InChI=1S/C20H24N4O3/c25-18-4-3-17(19(26)23-18)24-10-12-5-11(1-2-16(12)20(24)27)9-21-13-6-14-8-15(7-13)22-14/h1-2,5,13-15,17,21-22H,3-4,6-10H2,(H,23,25,26)/t13?,14-,15+,17?. The van der Waals surface area contributed by atoms with Gasteiger partial charge in [-0.15, -0.1) is 0 Å². The molecule has 6 rings (SSSR count). The summed E-state index contributed by atoms with van der Waals surface area (Å²) < 4.78 is 0. The molecule has 4 atom stereocenters. The number of hydrogen-bond donors (Lipinski definition) is 3. The predicted octanol–water partition coefficient (Wildman–Crippen LogP) is 0.430. The number of nitrogens with zero attached hydrogens (tertiary/aromatic N) is 1. The van der Waals surface area contributed by atoms with Crippen LogP contribution in [-0.4, -0.2) is 46.8 Å². The third-order valence-corrected chi connectivity index (χ3v) is 6.36. The summed E-state index contributed by atoms with van der Waals surface area (Å²) in [7, 11) is 0. The Kier molecular flexibility index (Phi) is 4.02. The van der Waals surface area contributed by atoms with Crippen LogP contribution >= 0.6 is 0 Å². The number of piperidine rings is 2. The Balaban J connectivity index is 1.25. The molecule has 3 amide bonds. The molecule has 27 heavy (non-hydrogen) atoms. The highest BCUT2D eigenvalue weighted by molar-refractivity contribution is 6.05. The van der Waals surface area contributed by atoms with Crippen LogP contribution in [0.4, 0.5) is 0 Å². The second-order valence-corrected chi connectivity index (χ2v) is 8.24. The van der Waals surface area contributed by atoms with Gasteiger partial charge in [0, 0.05) is 43.2 Å². The van der Waals surface area contributed by atoms with Crippen molar-refractivity contribution in [3.8, 4) is 0 Å². The van der Waals surface area contributed by atoms with Gasteiger partial charge in [0.25, 0.3) is 5.91 Å². The molecule has 142 valence electrons. The van der Waals surface area contributed by atoms with Crippen LogP contribution in [0, 0.1) is 0 Å². The SMILES string of the molecule is O=C1CCC(N2Cc3cc(CNC4C[C@@H]5C[C@H](C4)N5)ccc3C2=O)C(=O)N1. The molecule has 4 heterocycles. The first-order chi connectivity index (χ1) is 13.1. The van der Waals surface area contributed by atoms with Gasteiger partial charge in [-0.1, -0.05) is 12.1 Å².